The van der Waals surface area contributed by atoms with Gasteiger partial charge >= 0.3 is 17.9 Å². The molecule has 0 aromatic carbocycles. The van der Waals surface area contributed by atoms with E-state index in [0.717, 1.165) is 122 Å². The van der Waals surface area contributed by atoms with E-state index in [2.05, 4.69) is 130 Å². The van der Waals surface area contributed by atoms with Crippen LogP contribution in [0.2, 0.25) is 0 Å². The van der Waals surface area contributed by atoms with E-state index < -0.39 is 6.10 Å². The molecule has 0 rings (SSSR count). The summed E-state index contributed by atoms with van der Waals surface area (Å²) in [5.74, 6) is -0.962. The van der Waals surface area contributed by atoms with E-state index in [1.54, 1.807) is 0 Å². The second-order valence-corrected chi connectivity index (χ2v) is 18.5. The molecule has 392 valence electrons. The molecule has 0 saturated heterocycles. The van der Waals surface area contributed by atoms with Crippen molar-refractivity contribution in [3.8, 4) is 0 Å². The predicted molar refractivity (Wildman–Crippen MR) is 297 cm³/mol. The van der Waals surface area contributed by atoms with Crippen molar-refractivity contribution in [2.45, 2.75) is 258 Å². The van der Waals surface area contributed by atoms with Crippen molar-refractivity contribution in [3.05, 3.63) is 109 Å². The van der Waals surface area contributed by atoms with E-state index in [-0.39, 0.29) is 31.1 Å². The largest absolute Gasteiger partial charge is 0.462 e. The van der Waals surface area contributed by atoms with Gasteiger partial charge in [-0.05, 0) is 128 Å². The molecule has 0 heterocycles. The van der Waals surface area contributed by atoms with Crippen LogP contribution < -0.4 is 0 Å². The Morgan fingerprint density at radius 1 is 0.304 bits per heavy atom. The van der Waals surface area contributed by atoms with Gasteiger partial charge in [-0.3, -0.25) is 14.4 Å². The zero-order chi connectivity index (χ0) is 50.0. The summed E-state index contributed by atoms with van der Waals surface area (Å²) in [5, 5.41) is 0. The Balaban J connectivity index is 4.50. The summed E-state index contributed by atoms with van der Waals surface area (Å²) in [4.78, 5) is 38.1. The zero-order valence-electron chi connectivity index (χ0n) is 44.8. The molecule has 0 aliphatic carbocycles. The van der Waals surface area contributed by atoms with Crippen LogP contribution in [0.15, 0.2) is 109 Å². The number of hydrogen-bond donors (Lipinski definition) is 0. The Hall–Kier alpha value is -3.93. The van der Waals surface area contributed by atoms with Crippen molar-refractivity contribution in [2.24, 2.45) is 0 Å². The number of allylic oxidation sites excluding steroid dienone is 18. The fourth-order valence-electron chi connectivity index (χ4n) is 7.47. The molecule has 0 aromatic heterocycles. The Bertz CT molecular complexity index is 1420. The highest BCUT2D eigenvalue weighted by atomic mass is 16.6. The van der Waals surface area contributed by atoms with Crippen LogP contribution in [-0.2, 0) is 28.6 Å². The molecule has 0 saturated carbocycles. The van der Waals surface area contributed by atoms with Crippen molar-refractivity contribution in [3.63, 3.8) is 0 Å². The number of ether oxygens (including phenoxy) is 3. The van der Waals surface area contributed by atoms with Crippen molar-refractivity contribution in [2.75, 3.05) is 13.2 Å². The van der Waals surface area contributed by atoms with Crippen LogP contribution in [0.3, 0.4) is 0 Å². The van der Waals surface area contributed by atoms with Crippen LogP contribution in [0, 0.1) is 0 Å². The molecular weight excluding hydrogens is 853 g/mol. The lowest BCUT2D eigenvalue weighted by atomic mass is 10.1. The first-order chi connectivity index (χ1) is 34.0. The highest BCUT2D eigenvalue weighted by Gasteiger charge is 2.19. The summed E-state index contributed by atoms with van der Waals surface area (Å²) in [6.07, 6.45) is 76.4. The molecule has 6 nitrogen and oxygen atoms in total. The molecule has 0 N–H and O–H groups in total. The summed E-state index contributed by atoms with van der Waals surface area (Å²) in [5.41, 5.74) is 0. The van der Waals surface area contributed by atoms with Gasteiger partial charge in [-0.25, -0.2) is 0 Å². The smallest absolute Gasteiger partial charge is 0.306 e. The minimum absolute atomic E-state index is 0.104. The number of unbranched alkanes of at least 4 members (excludes halogenated alkanes) is 21. The number of carbonyl (C=O) groups excluding carboxylic acids is 3. The predicted octanol–water partition coefficient (Wildman–Crippen LogP) is 19.1. The Labute approximate surface area is 425 Å². The lowest BCUT2D eigenvalue weighted by Gasteiger charge is -2.18. The zero-order valence-corrected chi connectivity index (χ0v) is 44.8. The van der Waals surface area contributed by atoms with Gasteiger partial charge in [0.05, 0.1) is 0 Å². The quantitative estimate of drug-likeness (QED) is 0.0262. The number of carbonyl (C=O) groups is 3. The Kier molecular flexibility index (Phi) is 53.4. The average Bonchev–Trinajstić information content (AvgIpc) is 3.35. The van der Waals surface area contributed by atoms with Gasteiger partial charge in [-0.2, -0.15) is 0 Å². The first kappa shape index (κ1) is 65.1. The van der Waals surface area contributed by atoms with Crippen LogP contribution in [0.25, 0.3) is 0 Å². The van der Waals surface area contributed by atoms with Gasteiger partial charge in [0.2, 0.25) is 0 Å². The minimum atomic E-state index is -0.806. The van der Waals surface area contributed by atoms with Crippen molar-refractivity contribution in [1.82, 2.24) is 0 Å². The molecule has 69 heavy (non-hydrogen) atoms. The second kappa shape index (κ2) is 56.7. The van der Waals surface area contributed by atoms with Gasteiger partial charge in [0.1, 0.15) is 13.2 Å². The van der Waals surface area contributed by atoms with Gasteiger partial charge in [-0.15, -0.1) is 0 Å². The monoisotopic (exact) mass is 957 g/mol. The van der Waals surface area contributed by atoms with Gasteiger partial charge in [0.25, 0.3) is 0 Å². The normalized spacial score (nSPS) is 12.9. The third kappa shape index (κ3) is 54.9. The molecule has 6 heteroatoms. The van der Waals surface area contributed by atoms with Crippen molar-refractivity contribution < 1.29 is 28.6 Å². The third-order valence-corrected chi connectivity index (χ3v) is 11.7. The van der Waals surface area contributed by atoms with Crippen molar-refractivity contribution >= 4 is 17.9 Å². The molecule has 1 atom stereocenters. The van der Waals surface area contributed by atoms with Crippen LogP contribution in [0.1, 0.15) is 252 Å². The molecule has 0 fully saturated rings. The lowest BCUT2D eigenvalue weighted by Crippen LogP contribution is -2.30. The SMILES string of the molecule is CC/C=C\C/C=C\C/C=C\C/C=C\CCCCCCC(=O)OC[C@H](COC(=O)CCCCC/C=C\C/C=C\C/C=C\C/C=C\CCCCC)OC(=O)CCCCCCCCC/C=C\CCCCCC. The fraction of sp³-hybridized carbons (Fsp3) is 0.667. The highest BCUT2D eigenvalue weighted by Crippen LogP contribution is 2.14. The molecule has 0 bridgehead atoms. The molecule has 0 spiro atoms. The summed E-state index contributed by atoms with van der Waals surface area (Å²) in [6.45, 7) is 6.43. The number of esters is 3. The molecule has 0 amide bonds. The number of rotatable bonds is 50. The second-order valence-electron chi connectivity index (χ2n) is 18.5. The number of hydrogen-bond acceptors (Lipinski definition) is 6. The highest BCUT2D eigenvalue weighted by molar-refractivity contribution is 5.71. The Morgan fingerprint density at radius 3 is 0.942 bits per heavy atom. The maximum absolute atomic E-state index is 12.8. The molecule has 0 unspecified atom stereocenters. The van der Waals surface area contributed by atoms with E-state index in [4.69, 9.17) is 14.2 Å². The van der Waals surface area contributed by atoms with Crippen LogP contribution >= 0.6 is 0 Å². The molecular formula is C63H104O6. The van der Waals surface area contributed by atoms with Crippen LogP contribution in [0.5, 0.6) is 0 Å². The summed E-state index contributed by atoms with van der Waals surface area (Å²) in [6, 6.07) is 0. The lowest BCUT2D eigenvalue weighted by molar-refractivity contribution is -0.167. The van der Waals surface area contributed by atoms with E-state index in [0.29, 0.717) is 19.3 Å². The summed E-state index contributed by atoms with van der Waals surface area (Å²) in [7, 11) is 0. The molecule has 0 radical (unpaired) electrons. The van der Waals surface area contributed by atoms with E-state index >= 15 is 0 Å². The standard InChI is InChI=1S/C63H104O6/c1-4-7-10-13-16-19-22-25-28-30-31-33-36-38-41-44-47-50-53-56-62(65)68-59-60(69-63(66)57-54-51-48-45-42-39-34-27-24-21-18-15-12-9-6-3)58-67-61(64)55-52-49-46-43-40-37-35-32-29-26-23-20-17-14-11-8-5-2/h8,11,16-17,19-21,24-26,28-29,31,33,35,37-38,41,60H,4-7,9-10,12-15,18,22-23,27,30,32,34,36,39-40,42-59H2,1-3H3/b11-8-,19-16-,20-17-,24-21-,28-25-,29-26-,33-31-,37-35-,41-38-/t60-/m1/s1. The summed E-state index contributed by atoms with van der Waals surface area (Å²) < 4.78 is 16.8. The first-order valence-corrected chi connectivity index (χ1v) is 28.4. The van der Waals surface area contributed by atoms with E-state index in [1.807, 2.05) is 0 Å². The van der Waals surface area contributed by atoms with Crippen LogP contribution in [0.4, 0.5) is 0 Å². The van der Waals surface area contributed by atoms with Gasteiger partial charge < -0.3 is 14.2 Å². The fourth-order valence-corrected chi connectivity index (χ4v) is 7.47. The van der Waals surface area contributed by atoms with Crippen LogP contribution in [-0.4, -0.2) is 37.2 Å². The maximum Gasteiger partial charge on any atom is 0.306 e. The van der Waals surface area contributed by atoms with Gasteiger partial charge in [0, 0.05) is 19.3 Å². The maximum atomic E-state index is 12.8. The molecule has 0 aromatic rings. The first-order valence-electron chi connectivity index (χ1n) is 28.4. The van der Waals surface area contributed by atoms with Gasteiger partial charge in [0.15, 0.2) is 6.10 Å². The van der Waals surface area contributed by atoms with E-state index in [1.165, 1.54) is 89.9 Å². The topological polar surface area (TPSA) is 78.9 Å². The minimum Gasteiger partial charge on any atom is -0.462 e. The third-order valence-electron chi connectivity index (χ3n) is 11.7. The molecule has 0 aliphatic heterocycles. The van der Waals surface area contributed by atoms with Gasteiger partial charge in [-0.1, -0.05) is 214 Å². The summed E-state index contributed by atoms with van der Waals surface area (Å²) >= 11 is 0. The van der Waals surface area contributed by atoms with E-state index in [9.17, 15) is 14.4 Å². The van der Waals surface area contributed by atoms with Crippen molar-refractivity contribution in [1.29, 1.82) is 0 Å². The average molecular weight is 958 g/mol. The Morgan fingerprint density at radius 2 is 0.565 bits per heavy atom. The molecule has 0 aliphatic rings.